The van der Waals surface area contributed by atoms with Gasteiger partial charge in [0.15, 0.2) is 0 Å². The minimum Gasteiger partial charge on any atom is -0.369 e. The van der Waals surface area contributed by atoms with E-state index in [1.54, 1.807) is 38.1 Å². The van der Waals surface area contributed by atoms with Gasteiger partial charge in [0.05, 0.1) is 17.1 Å². The monoisotopic (exact) mass is 471 g/mol. The highest BCUT2D eigenvalue weighted by atomic mass is 32.2. The predicted molar refractivity (Wildman–Crippen MR) is 123 cm³/mol. The minimum absolute atomic E-state index is 0.00999. The number of primary amides is 1. The Kier molecular flexibility index (Phi) is 5.23. The molecule has 4 aliphatic rings. The maximum absolute atomic E-state index is 13.2. The molecule has 33 heavy (non-hydrogen) atoms. The number of aromatic nitrogens is 2. The van der Waals surface area contributed by atoms with E-state index in [0.29, 0.717) is 34.2 Å². The van der Waals surface area contributed by atoms with Crippen LogP contribution < -0.4 is 15.4 Å². The van der Waals surface area contributed by atoms with Gasteiger partial charge in [0.1, 0.15) is 5.69 Å². The van der Waals surface area contributed by atoms with E-state index in [-0.39, 0.29) is 29.7 Å². The summed E-state index contributed by atoms with van der Waals surface area (Å²) in [5.41, 5.74) is 7.78. The first-order chi connectivity index (χ1) is 15.7. The van der Waals surface area contributed by atoms with Crippen molar-refractivity contribution in [1.82, 2.24) is 15.5 Å². The lowest BCUT2D eigenvalue weighted by atomic mass is 9.47. The Labute approximate surface area is 194 Å². The number of carbonyl (C=O) groups is 2. The van der Waals surface area contributed by atoms with Gasteiger partial charge >= 0.3 is 0 Å². The van der Waals surface area contributed by atoms with Gasteiger partial charge in [0.2, 0.25) is 16.8 Å². The average Bonchev–Trinajstić information content (AvgIpc) is 3.08. The Hall–Kier alpha value is -2.88. The molecular formula is C23H29N5O4S. The molecule has 1 aromatic heterocycles. The highest BCUT2D eigenvalue weighted by Crippen LogP contribution is 2.59. The zero-order chi connectivity index (χ0) is 23.5. The largest absolute Gasteiger partial charge is 0.369 e. The molecule has 4 saturated carbocycles. The molecule has 2 unspecified atom stereocenters. The number of nitrogens with one attached hydrogen (secondary N) is 2. The van der Waals surface area contributed by atoms with Crippen LogP contribution >= 0.6 is 0 Å². The molecule has 4 bridgehead atoms. The second kappa shape index (κ2) is 7.86. The molecular weight excluding hydrogens is 442 g/mol. The highest BCUT2D eigenvalue weighted by molar-refractivity contribution is 7.74. The molecule has 0 saturated heterocycles. The van der Waals surface area contributed by atoms with Crippen molar-refractivity contribution in [2.24, 2.45) is 28.9 Å². The van der Waals surface area contributed by atoms with Crippen LogP contribution in [0.4, 0.5) is 11.4 Å². The van der Waals surface area contributed by atoms with E-state index in [4.69, 9.17) is 5.73 Å². The predicted octanol–water partition coefficient (Wildman–Crippen LogP) is 2.10. The lowest BCUT2D eigenvalue weighted by Gasteiger charge is -2.58. The Morgan fingerprint density at radius 2 is 1.88 bits per heavy atom. The number of hydrogen-bond donors (Lipinski definition) is 4. The lowest BCUT2D eigenvalue weighted by molar-refractivity contribution is -0.145. The number of H-pyrrole nitrogens is 1. The number of carbonyl (C=O) groups excluding carboxylic acids is 2. The van der Waals surface area contributed by atoms with E-state index in [1.165, 1.54) is 4.31 Å². The van der Waals surface area contributed by atoms with Crippen LogP contribution in [0.2, 0.25) is 0 Å². The van der Waals surface area contributed by atoms with E-state index >= 15 is 0 Å². The van der Waals surface area contributed by atoms with Gasteiger partial charge in [-0.3, -0.25) is 14.7 Å². The average molecular weight is 472 g/mol. The third-order valence-electron chi connectivity index (χ3n) is 7.91. The number of rotatable bonds is 6. The van der Waals surface area contributed by atoms with Crippen LogP contribution in [0, 0.1) is 37.0 Å². The van der Waals surface area contributed by atoms with Crippen molar-refractivity contribution in [3.05, 3.63) is 41.2 Å². The molecule has 0 spiro atoms. The van der Waals surface area contributed by atoms with E-state index in [1.807, 2.05) is 0 Å². The summed E-state index contributed by atoms with van der Waals surface area (Å²) in [5.74, 6) is 0.578. The number of amides is 2. The van der Waals surface area contributed by atoms with E-state index in [9.17, 15) is 18.0 Å². The zero-order valence-electron chi connectivity index (χ0n) is 18.7. The second-order valence-electron chi connectivity index (χ2n) is 10.00. The Bertz CT molecular complexity index is 1160. The van der Waals surface area contributed by atoms with Crippen LogP contribution in [-0.2, 0) is 15.7 Å². The first-order valence-corrected chi connectivity index (χ1v) is 12.5. The van der Waals surface area contributed by atoms with E-state index in [0.717, 1.165) is 32.1 Å². The standard InChI is InChI=1S/C23H29N5O4S/c1-12-20(13(2)27-26-12)28(33(31)32)18-5-3-4-15(8-18)21(29)25-19-16-6-14-7-17(19)11-23(9-14,10-16)22(24)30/h3-5,8,14,16-17,19,33H,6-7,9-11H2,1-2H3,(H2,24,30)(H,25,29)(H,26,27). The molecule has 1 aromatic carbocycles. The van der Waals surface area contributed by atoms with Gasteiger partial charge in [0, 0.05) is 17.0 Å². The molecule has 4 aliphatic carbocycles. The molecule has 2 aromatic rings. The molecule has 2 atom stereocenters. The number of benzene rings is 1. The Balaban J connectivity index is 1.39. The zero-order valence-corrected chi connectivity index (χ0v) is 19.6. The molecule has 4 fully saturated rings. The fourth-order valence-electron chi connectivity index (χ4n) is 6.74. The van der Waals surface area contributed by atoms with Crippen molar-refractivity contribution < 1.29 is 18.0 Å². The lowest BCUT2D eigenvalue weighted by Crippen LogP contribution is -2.62. The Morgan fingerprint density at radius 1 is 1.18 bits per heavy atom. The van der Waals surface area contributed by atoms with Gasteiger partial charge < -0.3 is 11.1 Å². The van der Waals surface area contributed by atoms with Crippen molar-refractivity contribution >= 4 is 34.1 Å². The summed E-state index contributed by atoms with van der Waals surface area (Å²) in [6.07, 6.45) is 4.39. The van der Waals surface area contributed by atoms with Crippen LogP contribution in [0.1, 0.15) is 53.8 Å². The van der Waals surface area contributed by atoms with Crippen molar-refractivity contribution in [2.75, 3.05) is 4.31 Å². The minimum atomic E-state index is -2.99. The summed E-state index contributed by atoms with van der Waals surface area (Å²) in [4.78, 5) is 25.4. The number of thiol groups is 1. The third-order valence-corrected chi connectivity index (χ3v) is 8.67. The van der Waals surface area contributed by atoms with Crippen LogP contribution in [-0.4, -0.2) is 36.5 Å². The third kappa shape index (κ3) is 3.60. The highest BCUT2D eigenvalue weighted by Gasteiger charge is 2.58. The molecule has 2 amide bonds. The summed E-state index contributed by atoms with van der Waals surface area (Å²) in [7, 11) is -2.99. The topological polar surface area (TPSA) is 138 Å². The molecule has 0 radical (unpaired) electrons. The van der Waals surface area contributed by atoms with Crippen LogP contribution in [0.3, 0.4) is 0 Å². The van der Waals surface area contributed by atoms with Gasteiger partial charge in [-0.25, -0.2) is 12.7 Å². The molecule has 6 rings (SSSR count). The van der Waals surface area contributed by atoms with Crippen molar-refractivity contribution in [1.29, 1.82) is 0 Å². The van der Waals surface area contributed by atoms with Crippen LogP contribution in [0.15, 0.2) is 24.3 Å². The summed E-state index contributed by atoms with van der Waals surface area (Å²) < 4.78 is 25.5. The number of nitrogens with two attached hydrogens (primary N) is 1. The fourth-order valence-corrected chi connectivity index (χ4v) is 7.51. The normalized spacial score (nSPS) is 29.9. The van der Waals surface area contributed by atoms with Crippen molar-refractivity contribution in [2.45, 2.75) is 52.0 Å². The van der Waals surface area contributed by atoms with Crippen LogP contribution in [0.5, 0.6) is 0 Å². The van der Waals surface area contributed by atoms with Crippen LogP contribution in [0.25, 0.3) is 0 Å². The number of aryl methyl sites for hydroxylation is 2. The van der Waals surface area contributed by atoms with Gasteiger partial charge in [-0.2, -0.15) is 5.10 Å². The molecule has 9 nitrogen and oxygen atoms in total. The SMILES string of the molecule is Cc1n[nH]c(C)c1N(c1cccc(C(=O)NC2C3CC4CC2CC(C(N)=O)(C4)C3)c1)[SH](=O)=O. The van der Waals surface area contributed by atoms with Gasteiger partial charge in [-0.15, -0.1) is 0 Å². The number of anilines is 2. The first kappa shape index (κ1) is 21.9. The van der Waals surface area contributed by atoms with E-state index < -0.39 is 16.3 Å². The van der Waals surface area contributed by atoms with Gasteiger partial charge in [-0.05, 0) is 81.9 Å². The molecule has 4 N–H and O–H groups in total. The summed E-state index contributed by atoms with van der Waals surface area (Å²) in [5, 5.41) is 10.1. The van der Waals surface area contributed by atoms with Gasteiger partial charge in [-0.1, -0.05) is 6.07 Å². The molecule has 0 aliphatic heterocycles. The number of hydrogen-bond acceptors (Lipinski definition) is 5. The molecule has 1 heterocycles. The van der Waals surface area contributed by atoms with Crippen molar-refractivity contribution in [3.63, 3.8) is 0 Å². The summed E-state index contributed by atoms with van der Waals surface area (Å²) in [6, 6.07) is 6.63. The quantitative estimate of drug-likeness (QED) is 0.478. The first-order valence-electron chi connectivity index (χ1n) is 11.4. The molecule has 10 heteroatoms. The number of nitrogens with zero attached hydrogens (tertiary/aromatic N) is 2. The maximum atomic E-state index is 13.2. The smallest absolute Gasteiger partial charge is 0.251 e. The van der Waals surface area contributed by atoms with Crippen molar-refractivity contribution in [3.8, 4) is 0 Å². The summed E-state index contributed by atoms with van der Waals surface area (Å²) >= 11 is 0. The fraction of sp³-hybridized carbons (Fsp3) is 0.522. The Morgan fingerprint density at radius 3 is 2.45 bits per heavy atom. The van der Waals surface area contributed by atoms with Gasteiger partial charge in [0.25, 0.3) is 5.91 Å². The molecule has 176 valence electrons. The summed E-state index contributed by atoms with van der Waals surface area (Å²) in [6.45, 7) is 3.48. The second-order valence-corrected chi connectivity index (χ2v) is 10.9. The maximum Gasteiger partial charge on any atom is 0.251 e. The van der Waals surface area contributed by atoms with E-state index in [2.05, 4.69) is 15.5 Å². The number of aromatic amines is 1.